The van der Waals surface area contributed by atoms with Crippen LogP contribution in [0.25, 0.3) is 22.7 Å². The molecule has 3 aromatic carbocycles. The number of hydrogen-bond acceptors (Lipinski definition) is 3. The molecule has 1 heterocycles. The van der Waals surface area contributed by atoms with Crippen molar-refractivity contribution in [2.45, 2.75) is 20.5 Å². The van der Waals surface area contributed by atoms with Gasteiger partial charge >= 0.3 is 0 Å². The van der Waals surface area contributed by atoms with Crippen molar-refractivity contribution in [1.82, 2.24) is 9.97 Å². The number of hydrogen-bond donors (Lipinski definition) is 1. The third kappa shape index (κ3) is 4.20. The number of allylic oxidation sites excluding steroid dienone is 1. The van der Waals surface area contributed by atoms with Gasteiger partial charge in [-0.25, -0.2) is 4.98 Å². The molecule has 142 valence electrons. The Morgan fingerprint density at radius 1 is 1.03 bits per heavy atom. The summed E-state index contributed by atoms with van der Waals surface area (Å²) in [7, 11) is 0. The lowest BCUT2D eigenvalue weighted by atomic mass is 10.1. The van der Waals surface area contributed by atoms with Gasteiger partial charge in [-0.05, 0) is 66.4 Å². The number of aromatic amines is 1. The summed E-state index contributed by atoms with van der Waals surface area (Å²) < 4.78 is 5.82. The average molecular weight is 379 g/mol. The highest BCUT2D eigenvalue weighted by Crippen LogP contribution is 2.23. The first-order valence-electron chi connectivity index (χ1n) is 9.48. The number of aromatic nitrogens is 2. The molecule has 0 fully saturated rings. The second kappa shape index (κ2) is 8.04. The second-order valence-electron chi connectivity index (χ2n) is 7.05. The van der Waals surface area contributed by atoms with Gasteiger partial charge in [-0.3, -0.25) is 0 Å². The molecule has 0 spiro atoms. The summed E-state index contributed by atoms with van der Waals surface area (Å²) in [5.41, 5.74) is 6.72. The predicted molar refractivity (Wildman–Crippen MR) is 116 cm³/mol. The molecule has 4 rings (SSSR count). The Kier molecular flexibility index (Phi) is 5.13. The summed E-state index contributed by atoms with van der Waals surface area (Å²) in [4.78, 5) is 7.85. The quantitative estimate of drug-likeness (QED) is 0.444. The lowest BCUT2D eigenvalue weighted by Gasteiger charge is -2.06. The van der Waals surface area contributed by atoms with Gasteiger partial charge in [0.1, 0.15) is 24.3 Å². The number of nitrogens with zero attached hydrogens (tertiary/aromatic N) is 2. The third-order valence-corrected chi connectivity index (χ3v) is 4.91. The van der Waals surface area contributed by atoms with E-state index in [0.29, 0.717) is 18.0 Å². The SMILES string of the molecule is Cc1cc2nc(/C(C#N)=C/c3ccc(OCc4ccccc4)cc3)[nH]c2cc1C. The molecule has 29 heavy (non-hydrogen) atoms. The molecule has 0 aliphatic carbocycles. The largest absolute Gasteiger partial charge is 0.489 e. The summed E-state index contributed by atoms with van der Waals surface area (Å²) >= 11 is 0. The van der Waals surface area contributed by atoms with E-state index in [-0.39, 0.29) is 0 Å². The molecule has 0 aliphatic rings. The van der Waals surface area contributed by atoms with E-state index < -0.39 is 0 Å². The number of benzene rings is 3. The molecule has 0 bridgehead atoms. The van der Waals surface area contributed by atoms with Gasteiger partial charge in [-0.2, -0.15) is 5.26 Å². The molecular formula is C25H21N3O. The van der Waals surface area contributed by atoms with Crippen molar-refractivity contribution in [3.8, 4) is 11.8 Å². The Labute approximate surface area is 170 Å². The fraction of sp³-hybridized carbons (Fsp3) is 0.120. The smallest absolute Gasteiger partial charge is 0.149 e. The zero-order valence-electron chi connectivity index (χ0n) is 16.4. The van der Waals surface area contributed by atoms with E-state index in [2.05, 4.69) is 36.0 Å². The van der Waals surface area contributed by atoms with Crippen molar-refractivity contribution in [2.75, 3.05) is 0 Å². The van der Waals surface area contributed by atoms with Crippen LogP contribution in [0.4, 0.5) is 0 Å². The minimum Gasteiger partial charge on any atom is -0.489 e. The zero-order valence-corrected chi connectivity index (χ0v) is 16.4. The standard InChI is InChI=1S/C25H21N3O/c1-17-12-23-24(13-18(17)2)28-25(27-23)21(15-26)14-19-8-10-22(11-9-19)29-16-20-6-4-3-5-7-20/h3-14H,16H2,1-2H3,(H,27,28)/b21-14+. The average Bonchev–Trinajstić information content (AvgIpc) is 3.15. The van der Waals surface area contributed by atoms with Crippen LogP contribution in [0, 0.1) is 25.2 Å². The fourth-order valence-electron chi connectivity index (χ4n) is 3.12. The molecule has 1 aromatic heterocycles. The molecule has 0 saturated carbocycles. The van der Waals surface area contributed by atoms with Crippen molar-refractivity contribution in [3.05, 3.63) is 94.8 Å². The number of nitrogens with one attached hydrogen (secondary N) is 1. The minimum absolute atomic E-state index is 0.495. The number of rotatable bonds is 5. The van der Waals surface area contributed by atoms with E-state index in [9.17, 15) is 5.26 Å². The molecule has 4 heteroatoms. The minimum atomic E-state index is 0.495. The van der Waals surface area contributed by atoms with Gasteiger partial charge in [-0.1, -0.05) is 42.5 Å². The van der Waals surface area contributed by atoms with Crippen LogP contribution in [-0.2, 0) is 6.61 Å². The Bertz CT molecular complexity index is 1170. The van der Waals surface area contributed by atoms with Crippen molar-refractivity contribution in [1.29, 1.82) is 5.26 Å². The number of H-pyrrole nitrogens is 1. The molecule has 0 saturated heterocycles. The summed E-state index contributed by atoms with van der Waals surface area (Å²) in [5, 5.41) is 9.64. The van der Waals surface area contributed by atoms with Crippen molar-refractivity contribution < 1.29 is 4.74 Å². The van der Waals surface area contributed by atoms with Crippen LogP contribution in [0.1, 0.15) is 28.1 Å². The van der Waals surface area contributed by atoms with Gasteiger partial charge < -0.3 is 9.72 Å². The van der Waals surface area contributed by atoms with E-state index in [0.717, 1.165) is 27.9 Å². The van der Waals surface area contributed by atoms with Gasteiger partial charge in [0.05, 0.1) is 16.6 Å². The van der Waals surface area contributed by atoms with Crippen LogP contribution in [0.3, 0.4) is 0 Å². The second-order valence-corrected chi connectivity index (χ2v) is 7.05. The zero-order chi connectivity index (χ0) is 20.2. The highest BCUT2D eigenvalue weighted by Gasteiger charge is 2.09. The van der Waals surface area contributed by atoms with Gasteiger partial charge in [-0.15, -0.1) is 0 Å². The predicted octanol–water partition coefficient (Wildman–Crippen LogP) is 5.82. The van der Waals surface area contributed by atoms with Crippen molar-refractivity contribution in [2.24, 2.45) is 0 Å². The van der Waals surface area contributed by atoms with E-state index in [1.54, 1.807) is 0 Å². The maximum atomic E-state index is 9.64. The van der Waals surface area contributed by atoms with Gasteiger partial charge in [0, 0.05) is 0 Å². The summed E-state index contributed by atoms with van der Waals surface area (Å²) in [5.74, 6) is 1.37. The number of fused-ring (bicyclic) bond motifs is 1. The molecule has 1 N–H and O–H groups in total. The third-order valence-electron chi connectivity index (χ3n) is 4.91. The van der Waals surface area contributed by atoms with Crippen LogP contribution in [0.5, 0.6) is 5.75 Å². The van der Waals surface area contributed by atoms with Crippen LogP contribution < -0.4 is 4.74 Å². The van der Waals surface area contributed by atoms with Crippen LogP contribution in [0.15, 0.2) is 66.7 Å². The first-order valence-corrected chi connectivity index (χ1v) is 9.48. The van der Waals surface area contributed by atoms with Crippen LogP contribution in [-0.4, -0.2) is 9.97 Å². The highest BCUT2D eigenvalue weighted by molar-refractivity contribution is 5.90. The molecule has 0 unspecified atom stereocenters. The number of imidazole rings is 1. The van der Waals surface area contributed by atoms with E-state index in [1.807, 2.05) is 66.7 Å². The van der Waals surface area contributed by atoms with Crippen LogP contribution >= 0.6 is 0 Å². The van der Waals surface area contributed by atoms with Crippen LogP contribution in [0.2, 0.25) is 0 Å². The normalized spacial score (nSPS) is 11.4. The van der Waals surface area contributed by atoms with Crippen molar-refractivity contribution in [3.63, 3.8) is 0 Å². The molecule has 4 nitrogen and oxygen atoms in total. The summed E-state index contributed by atoms with van der Waals surface area (Å²) in [6.45, 7) is 4.65. The Hall–Kier alpha value is -3.84. The maximum absolute atomic E-state index is 9.64. The summed E-state index contributed by atoms with van der Waals surface area (Å²) in [6, 6.07) is 24.1. The van der Waals surface area contributed by atoms with E-state index in [1.165, 1.54) is 11.1 Å². The van der Waals surface area contributed by atoms with Gasteiger partial charge in [0.2, 0.25) is 0 Å². The lowest BCUT2D eigenvalue weighted by molar-refractivity contribution is 0.306. The van der Waals surface area contributed by atoms with Gasteiger partial charge in [0.25, 0.3) is 0 Å². The number of nitriles is 1. The maximum Gasteiger partial charge on any atom is 0.149 e. The van der Waals surface area contributed by atoms with Gasteiger partial charge in [0.15, 0.2) is 0 Å². The fourth-order valence-corrected chi connectivity index (χ4v) is 3.12. The monoisotopic (exact) mass is 379 g/mol. The number of ether oxygens (including phenoxy) is 1. The van der Waals surface area contributed by atoms with Crippen molar-refractivity contribution >= 4 is 22.7 Å². The molecular weight excluding hydrogens is 358 g/mol. The molecule has 0 atom stereocenters. The molecule has 4 aromatic rings. The van der Waals surface area contributed by atoms with E-state index in [4.69, 9.17) is 4.74 Å². The Morgan fingerprint density at radius 2 is 1.76 bits per heavy atom. The molecule has 0 aliphatic heterocycles. The topological polar surface area (TPSA) is 61.7 Å². The number of aryl methyl sites for hydroxylation is 2. The Morgan fingerprint density at radius 3 is 2.48 bits per heavy atom. The van der Waals surface area contributed by atoms with E-state index >= 15 is 0 Å². The first-order chi connectivity index (χ1) is 14.1. The molecule has 0 amide bonds. The molecule has 0 radical (unpaired) electrons. The lowest BCUT2D eigenvalue weighted by Crippen LogP contribution is -1.94. The Balaban J connectivity index is 1.53. The first kappa shape index (κ1) is 18.5. The highest BCUT2D eigenvalue weighted by atomic mass is 16.5. The summed E-state index contributed by atoms with van der Waals surface area (Å²) in [6.07, 6.45) is 1.83.